The summed E-state index contributed by atoms with van der Waals surface area (Å²) < 4.78 is 6.34. The van der Waals surface area contributed by atoms with Gasteiger partial charge in [0.05, 0.1) is 5.69 Å². The average Bonchev–Trinajstić information content (AvgIpc) is 3.40. The number of anilines is 3. The number of rotatable bonds is 4. The van der Waals surface area contributed by atoms with Gasteiger partial charge in [-0.2, -0.15) is 0 Å². The van der Waals surface area contributed by atoms with Crippen LogP contribution >= 0.6 is 0 Å². The van der Waals surface area contributed by atoms with E-state index >= 15 is 0 Å². The summed E-state index contributed by atoms with van der Waals surface area (Å²) in [4.78, 5) is 2.36. The minimum Gasteiger partial charge on any atom is -0.456 e. The highest BCUT2D eigenvalue weighted by molar-refractivity contribution is 6.09. The van der Waals surface area contributed by atoms with Crippen molar-refractivity contribution in [2.75, 3.05) is 4.90 Å². The van der Waals surface area contributed by atoms with Crippen molar-refractivity contribution < 1.29 is 4.42 Å². The average molecular weight is 526 g/mol. The summed E-state index contributed by atoms with van der Waals surface area (Å²) in [6.45, 7) is 2.13. The third-order valence-electron chi connectivity index (χ3n) is 8.10. The molecule has 0 bridgehead atoms. The Kier molecular flexibility index (Phi) is 5.39. The van der Waals surface area contributed by atoms with E-state index < -0.39 is 0 Å². The first-order valence-electron chi connectivity index (χ1n) is 14.0. The lowest BCUT2D eigenvalue weighted by Gasteiger charge is -2.29. The molecule has 194 valence electrons. The Morgan fingerprint density at radius 2 is 1.12 bits per heavy atom. The zero-order valence-electron chi connectivity index (χ0n) is 22.7. The smallest absolute Gasteiger partial charge is 0.137 e. The lowest BCUT2D eigenvalue weighted by molar-refractivity contribution is 0.669. The topological polar surface area (TPSA) is 16.4 Å². The second-order valence-corrected chi connectivity index (χ2v) is 10.7. The van der Waals surface area contributed by atoms with Crippen LogP contribution in [0.25, 0.3) is 54.6 Å². The van der Waals surface area contributed by atoms with E-state index in [0.717, 1.165) is 39.0 Å². The van der Waals surface area contributed by atoms with Gasteiger partial charge in [0.1, 0.15) is 11.2 Å². The van der Waals surface area contributed by atoms with Crippen molar-refractivity contribution in [2.45, 2.75) is 6.92 Å². The van der Waals surface area contributed by atoms with Crippen molar-refractivity contribution in [3.05, 3.63) is 151 Å². The largest absolute Gasteiger partial charge is 0.456 e. The minimum absolute atomic E-state index is 0.883. The van der Waals surface area contributed by atoms with Gasteiger partial charge in [0.2, 0.25) is 0 Å². The molecule has 0 radical (unpaired) electrons. The van der Waals surface area contributed by atoms with Gasteiger partial charge >= 0.3 is 0 Å². The maximum atomic E-state index is 6.34. The third-order valence-corrected chi connectivity index (χ3v) is 8.10. The summed E-state index contributed by atoms with van der Waals surface area (Å²) in [6.07, 6.45) is 0. The molecule has 8 rings (SSSR count). The number of hydrogen-bond acceptors (Lipinski definition) is 2. The van der Waals surface area contributed by atoms with Crippen LogP contribution in [0.15, 0.2) is 150 Å². The molecular formula is C39H27NO. The Hall–Kier alpha value is -5.34. The van der Waals surface area contributed by atoms with E-state index in [1.54, 1.807) is 0 Å². The summed E-state index contributed by atoms with van der Waals surface area (Å²) in [6, 6.07) is 52.1. The fourth-order valence-corrected chi connectivity index (χ4v) is 6.07. The fourth-order valence-electron chi connectivity index (χ4n) is 6.07. The van der Waals surface area contributed by atoms with Gasteiger partial charge in [-0.15, -0.1) is 0 Å². The molecule has 0 saturated carbocycles. The summed E-state index contributed by atoms with van der Waals surface area (Å²) >= 11 is 0. The molecule has 1 heterocycles. The van der Waals surface area contributed by atoms with Crippen LogP contribution in [0, 0.1) is 6.92 Å². The number of para-hydroxylation sites is 1. The molecule has 0 aliphatic carbocycles. The zero-order chi connectivity index (χ0) is 27.3. The molecule has 0 saturated heterocycles. The molecule has 2 nitrogen and oxygen atoms in total. The molecule has 0 N–H and O–H groups in total. The number of aryl methyl sites for hydroxylation is 1. The van der Waals surface area contributed by atoms with Crippen molar-refractivity contribution in [3.63, 3.8) is 0 Å². The second-order valence-electron chi connectivity index (χ2n) is 10.7. The van der Waals surface area contributed by atoms with Crippen molar-refractivity contribution in [1.82, 2.24) is 0 Å². The van der Waals surface area contributed by atoms with Crippen LogP contribution in [-0.4, -0.2) is 0 Å². The van der Waals surface area contributed by atoms with Crippen LogP contribution in [0.3, 0.4) is 0 Å². The molecule has 0 amide bonds. The van der Waals surface area contributed by atoms with E-state index in [1.807, 2.05) is 12.1 Å². The molecule has 0 aliphatic rings. The van der Waals surface area contributed by atoms with Gasteiger partial charge in [0, 0.05) is 33.8 Å². The van der Waals surface area contributed by atoms with Gasteiger partial charge in [0.25, 0.3) is 0 Å². The quantitative estimate of drug-likeness (QED) is 0.227. The molecule has 8 aromatic rings. The van der Waals surface area contributed by atoms with E-state index in [0.29, 0.717) is 0 Å². The molecular weight excluding hydrogens is 498 g/mol. The fraction of sp³-hybridized carbons (Fsp3) is 0.0256. The molecule has 0 aliphatic heterocycles. The summed E-state index contributed by atoms with van der Waals surface area (Å²) in [7, 11) is 0. The SMILES string of the molecule is Cc1ccc(N(c2ccc3c(c2)oc2ccccc23)c2ccc3ccccc3c2-c2ccc3ccccc3c2)cc1. The predicted octanol–water partition coefficient (Wildman–Crippen LogP) is 11.3. The summed E-state index contributed by atoms with van der Waals surface area (Å²) in [5.41, 5.74) is 8.70. The van der Waals surface area contributed by atoms with Gasteiger partial charge < -0.3 is 9.32 Å². The molecule has 0 fully saturated rings. The Balaban J connectivity index is 1.43. The molecule has 41 heavy (non-hydrogen) atoms. The maximum absolute atomic E-state index is 6.34. The maximum Gasteiger partial charge on any atom is 0.137 e. The van der Waals surface area contributed by atoms with Crippen molar-refractivity contribution >= 4 is 60.5 Å². The predicted molar refractivity (Wildman–Crippen MR) is 174 cm³/mol. The molecule has 0 unspecified atom stereocenters. The van der Waals surface area contributed by atoms with Gasteiger partial charge in [-0.25, -0.2) is 0 Å². The van der Waals surface area contributed by atoms with Gasteiger partial charge in [-0.05, 0) is 76.5 Å². The van der Waals surface area contributed by atoms with Crippen LogP contribution in [0.4, 0.5) is 17.1 Å². The zero-order valence-corrected chi connectivity index (χ0v) is 22.7. The number of hydrogen-bond donors (Lipinski definition) is 0. The first-order valence-corrected chi connectivity index (χ1v) is 14.0. The van der Waals surface area contributed by atoms with Crippen molar-refractivity contribution in [3.8, 4) is 11.1 Å². The Morgan fingerprint density at radius 3 is 1.98 bits per heavy atom. The molecule has 0 atom stereocenters. The Bertz CT molecular complexity index is 2220. The normalized spacial score (nSPS) is 11.5. The Labute approximate surface area is 238 Å². The molecule has 7 aromatic carbocycles. The highest BCUT2D eigenvalue weighted by Crippen LogP contribution is 2.45. The minimum atomic E-state index is 0.883. The number of benzene rings is 7. The summed E-state index contributed by atoms with van der Waals surface area (Å²) in [5.74, 6) is 0. The van der Waals surface area contributed by atoms with E-state index in [4.69, 9.17) is 4.42 Å². The van der Waals surface area contributed by atoms with Crippen LogP contribution < -0.4 is 4.90 Å². The third kappa shape index (κ3) is 3.96. The van der Waals surface area contributed by atoms with Crippen LogP contribution in [0.1, 0.15) is 5.56 Å². The lowest BCUT2D eigenvalue weighted by atomic mass is 9.93. The Morgan fingerprint density at radius 1 is 0.463 bits per heavy atom. The standard InChI is InChI=1S/C39H27NO/c1-26-14-19-31(20-15-26)40(32-21-22-35-34-12-6-7-13-37(34)41-38(35)25-32)36-23-18-28-9-4-5-11-33(28)39(36)30-17-16-27-8-2-3-10-29(27)24-30/h2-25H,1H3. The molecule has 2 heteroatoms. The summed E-state index contributed by atoms with van der Waals surface area (Å²) in [5, 5.41) is 7.18. The highest BCUT2D eigenvalue weighted by Gasteiger charge is 2.21. The van der Waals surface area contributed by atoms with Crippen molar-refractivity contribution in [2.24, 2.45) is 0 Å². The number of furan rings is 1. The van der Waals surface area contributed by atoms with Crippen LogP contribution in [-0.2, 0) is 0 Å². The van der Waals surface area contributed by atoms with E-state index in [1.165, 1.54) is 38.2 Å². The van der Waals surface area contributed by atoms with Crippen molar-refractivity contribution in [1.29, 1.82) is 0 Å². The molecule has 1 aromatic heterocycles. The van der Waals surface area contributed by atoms with Crippen LogP contribution in [0.5, 0.6) is 0 Å². The lowest BCUT2D eigenvalue weighted by Crippen LogP contribution is -2.11. The van der Waals surface area contributed by atoms with E-state index in [2.05, 4.69) is 145 Å². The van der Waals surface area contributed by atoms with Gasteiger partial charge in [-0.1, -0.05) is 103 Å². The first-order chi connectivity index (χ1) is 20.2. The highest BCUT2D eigenvalue weighted by atomic mass is 16.3. The monoisotopic (exact) mass is 525 g/mol. The first kappa shape index (κ1) is 23.5. The van der Waals surface area contributed by atoms with Gasteiger partial charge in [-0.3, -0.25) is 0 Å². The van der Waals surface area contributed by atoms with E-state index in [9.17, 15) is 0 Å². The second kappa shape index (κ2) is 9.39. The van der Waals surface area contributed by atoms with E-state index in [-0.39, 0.29) is 0 Å². The van der Waals surface area contributed by atoms with Crippen LogP contribution in [0.2, 0.25) is 0 Å². The number of fused-ring (bicyclic) bond motifs is 5. The van der Waals surface area contributed by atoms with Gasteiger partial charge in [0.15, 0.2) is 0 Å². The molecule has 0 spiro atoms. The number of nitrogens with zero attached hydrogens (tertiary/aromatic N) is 1.